The zero-order valence-electron chi connectivity index (χ0n) is 7.97. The summed E-state index contributed by atoms with van der Waals surface area (Å²) in [6, 6.07) is 3.58. The first kappa shape index (κ1) is 10.6. The Labute approximate surface area is 82.0 Å². The number of carboxylic acids is 1. The molecule has 0 radical (unpaired) electrons. The van der Waals surface area contributed by atoms with Gasteiger partial charge in [-0.2, -0.15) is 10.2 Å². The Hall–Kier alpha value is -1.49. The molecular formula is C9H13N3O2. The Kier molecular flexibility index (Phi) is 3.53. The van der Waals surface area contributed by atoms with E-state index in [9.17, 15) is 4.79 Å². The highest BCUT2D eigenvalue weighted by Gasteiger charge is 2.16. The van der Waals surface area contributed by atoms with Crippen molar-refractivity contribution in [2.75, 3.05) is 6.54 Å². The van der Waals surface area contributed by atoms with Gasteiger partial charge in [0.05, 0.1) is 17.3 Å². The second-order valence-corrected chi connectivity index (χ2v) is 3.14. The molecule has 0 aliphatic carbocycles. The van der Waals surface area contributed by atoms with Gasteiger partial charge in [-0.3, -0.25) is 4.79 Å². The molecule has 1 unspecified atom stereocenters. The van der Waals surface area contributed by atoms with Crippen LogP contribution in [0.2, 0.25) is 0 Å². The molecule has 0 fully saturated rings. The summed E-state index contributed by atoms with van der Waals surface area (Å²) in [6.45, 7) is 1.94. The lowest BCUT2D eigenvalue weighted by Crippen LogP contribution is -2.25. The zero-order valence-corrected chi connectivity index (χ0v) is 7.97. The van der Waals surface area contributed by atoms with Gasteiger partial charge < -0.3 is 10.8 Å². The monoisotopic (exact) mass is 195 g/mol. The molecule has 1 heterocycles. The van der Waals surface area contributed by atoms with Gasteiger partial charge in [0.15, 0.2) is 0 Å². The fraction of sp³-hybridized carbons (Fsp3) is 0.444. The summed E-state index contributed by atoms with van der Waals surface area (Å²) >= 11 is 0. The summed E-state index contributed by atoms with van der Waals surface area (Å²) in [7, 11) is 0. The number of aromatic nitrogens is 2. The second-order valence-electron chi connectivity index (χ2n) is 3.14. The number of nitrogens with two attached hydrogens (primary N) is 1. The summed E-state index contributed by atoms with van der Waals surface area (Å²) in [4.78, 5) is 10.7. The van der Waals surface area contributed by atoms with Crippen molar-refractivity contribution in [3.05, 3.63) is 23.5 Å². The highest BCUT2D eigenvalue weighted by molar-refractivity contribution is 5.70. The van der Waals surface area contributed by atoms with Crippen LogP contribution < -0.4 is 5.73 Å². The standard InChI is InChI=1S/C9H13N3O2/c1-6-2-3-8(12-11-6)4-7(5-10)9(13)14/h2-3,7H,4-5,10H2,1H3,(H,13,14). The van der Waals surface area contributed by atoms with Crippen molar-refractivity contribution in [3.63, 3.8) is 0 Å². The number of nitrogens with zero attached hydrogens (tertiary/aromatic N) is 2. The molecule has 0 aliphatic rings. The number of aliphatic carboxylic acids is 1. The van der Waals surface area contributed by atoms with Crippen LogP contribution in [0.1, 0.15) is 11.4 Å². The van der Waals surface area contributed by atoms with Crippen molar-refractivity contribution in [2.45, 2.75) is 13.3 Å². The zero-order chi connectivity index (χ0) is 10.6. The minimum absolute atomic E-state index is 0.116. The average Bonchev–Trinajstić information content (AvgIpc) is 2.16. The molecule has 0 amide bonds. The van der Waals surface area contributed by atoms with Crippen LogP contribution in [-0.4, -0.2) is 27.8 Å². The molecule has 0 saturated heterocycles. The largest absolute Gasteiger partial charge is 0.481 e. The first-order chi connectivity index (χ1) is 6.63. The minimum Gasteiger partial charge on any atom is -0.481 e. The van der Waals surface area contributed by atoms with Crippen LogP contribution in [-0.2, 0) is 11.2 Å². The third-order valence-corrected chi connectivity index (χ3v) is 1.94. The number of aryl methyl sites for hydroxylation is 1. The molecule has 3 N–H and O–H groups in total. The number of hydrogen-bond donors (Lipinski definition) is 2. The maximum Gasteiger partial charge on any atom is 0.308 e. The molecule has 1 rings (SSSR count). The lowest BCUT2D eigenvalue weighted by atomic mass is 10.0. The predicted octanol–water partition coefficient (Wildman–Crippen LogP) is -0.0130. The smallest absolute Gasteiger partial charge is 0.308 e. The highest BCUT2D eigenvalue weighted by atomic mass is 16.4. The molecular weight excluding hydrogens is 182 g/mol. The van der Waals surface area contributed by atoms with Gasteiger partial charge in [-0.25, -0.2) is 0 Å². The molecule has 0 spiro atoms. The topological polar surface area (TPSA) is 89.1 Å². The van der Waals surface area contributed by atoms with Crippen LogP contribution in [0.3, 0.4) is 0 Å². The number of carbonyl (C=O) groups is 1. The van der Waals surface area contributed by atoms with Crippen molar-refractivity contribution in [1.82, 2.24) is 10.2 Å². The number of hydrogen-bond acceptors (Lipinski definition) is 4. The molecule has 1 atom stereocenters. The summed E-state index contributed by atoms with van der Waals surface area (Å²) in [5.74, 6) is -1.47. The fourth-order valence-corrected chi connectivity index (χ4v) is 1.06. The molecule has 1 aromatic rings. The number of rotatable bonds is 4. The molecule has 1 aromatic heterocycles. The van der Waals surface area contributed by atoms with Crippen molar-refractivity contribution >= 4 is 5.97 Å². The average molecular weight is 195 g/mol. The van der Waals surface area contributed by atoms with E-state index in [0.29, 0.717) is 12.1 Å². The lowest BCUT2D eigenvalue weighted by molar-refractivity contribution is -0.141. The van der Waals surface area contributed by atoms with Crippen LogP contribution in [0.15, 0.2) is 12.1 Å². The van der Waals surface area contributed by atoms with Gasteiger partial charge in [-0.1, -0.05) is 0 Å². The van der Waals surface area contributed by atoms with Crippen molar-refractivity contribution in [2.24, 2.45) is 11.7 Å². The Morgan fingerprint density at radius 1 is 1.57 bits per heavy atom. The highest BCUT2D eigenvalue weighted by Crippen LogP contribution is 2.05. The molecule has 14 heavy (non-hydrogen) atoms. The van der Waals surface area contributed by atoms with E-state index in [1.807, 2.05) is 6.92 Å². The Morgan fingerprint density at radius 3 is 2.71 bits per heavy atom. The normalized spacial score (nSPS) is 12.4. The second kappa shape index (κ2) is 4.66. The molecule has 0 aliphatic heterocycles. The van der Waals surface area contributed by atoms with Crippen molar-refractivity contribution < 1.29 is 9.90 Å². The Morgan fingerprint density at radius 2 is 2.29 bits per heavy atom. The fourth-order valence-electron chi connectivity index (χ4n) is 1.06. The maximum atomic E-state index is 10.7. The van der Waals surface area contributed by atoms with E-state index >= 15 is 0 Å². The molecule has 76 valence electrons. The molecule has 0 aromatic carbocycles. The first-order valence-electron chi connectivity index (χ1n) is 4.35. The van der Waals surface area contributed by atoms with Gasteiger partial charge in [0.25, 0.3) is 0 Å². The van der Waals surface area contributed by atoms with Gasteiger partial charge in [0, 0.05) is 13.0 Å². The minimum atomic E-state index is -0.894. The van der Waals surface area contributed by atoms with E-state index < -0.39 is 11.9 Å². The van der Waals surface area contributed by atoms with E-state index in [4.69, 9.17) is 10.8 Å². The summed E-state index contributed by atoms with van der Waals surface area (Å²) in [5, 5.41) is 16.5. The summed E-state index contributed by atoms with van der Waals surface area (Å²) in [6.07, 6.45) is 0.332. The lowest BCUT2D eigenvalue weighted by Gasteiger charge is -2.07. The molecule has 5 nitrogen and oxygen atoms in total. The molecule has 5 heteroatoms. The third-order valence-electron chi connectivity index (χ3n) is 1.94. The van der Waals surface area contributed by atoms with Gasteiger partial charge in [-0.05, 0) is 19.1 Å². The third kappa shape index (κ3) is 2.77. The Balaban J connectivity index is 2.67. The predicted molar refractivity (Wildman–Crippen MR) is 50.7 cm³/mol. The molecule has 0 saturated carbocycles. The Bertz CT molecular complexity index is 310. The first-order valence-corrected chi connectivity index (χ1v) is 4.35. The maximum absolute atomic E-state index is 10.7. The van der Waals surface area contributed by atoms with Crippen LogP contribution in [0.25, 0.3) is 0 Å². The molecule has 0 bridgehead atoms. The van der Waals surface area contributed by atoms with Crippen LogP contribution >= 0.6 is 0 Å². The van der Waals surface area contributed by atoms with Crippen LogP contribution in [0, 0.1) is 12.8 Å². The van der Waals surface area contributed by atoms with E-state index in [2.05, 4.69) is 10.2 Å². The SMILES string of the molecule is Cc1ccc(CC(CN)C(=O)O)nn1. The van der Waals surface area contributed by atoms with Crippen molar-refractivity contribution in [1.29, 1.82) is 0 Å². The quantitative estimate of drug-likeness (QED) is 0.705. The van der Waals surface area contributed by atoms with Gasteiger partial charge in [-0.15, -0.1) is 0 Å². The van der Waals surface area contributed by atoms with Crippen LogP contribution in [0.4, 0.5) is 0 Å². The van der Waals surface area contributed by atoms with Crippen LogP contribution in [0.5, 0.6) is 0 Å². The van der Waals surface area contributed by atoms with E-state index in [1.54, 1.807) is 12.1 Å². The van der Waals surface area contributed by atoms with E-state index in [0.717, 1.165) is 5.69 Å². The van der Waals surface area contributed by atoms with Gasteiger partial charge in [0.2, 0.25) is 0 Å². The number of carboxylic acid groups (broad SMARTS) is 1. The van der Waals surface area contributed by atoms with E-state index in [1.165, 1.54) is 0 Å². The summed E-state index contributed by atoms with van der Waals surface area (Å²) in [5.41, 5.74) is 6.80. The van der Waals surface area contributed by atoms with Gasteiger partial charge in [0.1, 0.15) is 0 Å². The summed E-state index contributed by atoms with van der Waals surface area (Å²) < 4.78 is 0. The van der Waals surface area contributed by atoms with Gasteiger partial charge >= 0.3 is 5.97 Å². The van der Waals surface area contributed by atoms with Crippen molar-refractivity contribution in [3.8, 4) is 0 Å². The van der Waals surface area contributed by atoms with E-state index in [-0.39, 0.29) is 6.54 Å².